The highest BCUT2D eigenvalue weighted by Crippen LogP contribution is 2.20. The summed E-state index contributed by atoms with van der Waals surface area (Å²) in [4.78, 5) is 27.6. The van der Waals surface area contributed by atoms with E-state index in [1.165, 1.54) is 12.4 Å². The fourth-order valence-electron chi connectivity index (χ4n) is 1.82. The second-order valence-corrected chi connectivity index (χ2v) is 4.83. The van der Waals surface area contributed by atoms with Crippen molar-refractivity contribution < 1.29 is 9.59 Å². The Morgan fingerprint density at radius 1 is 1.19 bits per heavy atom. The molecule has 0 saturated carbocycles. The molecule has 0 aliphatic carbocycles. The minimum absolute atomic E-state index is 0.175. The van der Waals surface area contributed by atoms with Crippen LogP contribution in [0.4, 0.5) is 5.69 Å². The van der Waals surface area contributed by atoms with Crippen LogP contribution in [0.3, 0.4) is 0 Å². The van der Waals surface area contributed by atoms with E-state index in [-0.39, 0.29) is 11.8 Å². The summed E-state index contributed by atoms with van der Waals surface area (Å²) in [5.41, 5.74) is 2.23. The Balaban J connectivity index is 2.22. The summed E-state index contributed by atoms with van der Waals surface area (Å²) < 4.78 is 0. The molecular weight excluding hydrogens is 290 g/mol. The lowest BCUT2D eigenvalue weighted by molar-refractivity contribution is 0.0962. The summed E-state index contributed by atoms with van der Waals surface area (Å²) in [7, 11) is 1.57. The highest BCUT2D eigenvalue weighted by molar-refractivity contribution is 6.34. The SMILES string of the molecule is CNC(=O)c1ccc(NC(=O)c2cnccc2Cl)c(C)c1. The minimum Gasteiger partial charge on any atom is -0.355 e. The number of hydrogen-bond donors (Lipinski definition) is 2. The monoisotopic (exact) mass is 303 g/mol. The van der Waals surface area contributed by atoms with Crippen molar-refractivity contribution in [2.45, 2.75) is 6.92 Å². The van der Waals surface area contributed by atoms with Crippen molar-refractivity contribution in [1.29, 1.82) is 0 Å². The first kappa shape index (κ1) is 15.0. The van der Waals surface area contributed by atoms with E-state index in [1.54, 1.807) is 31.3 Å². The Kier molecular flexibility index (Phi) is 4.55. The van der Waals surface area contributed by atoms with E-state index in [0.717, 1.165) is 5.56 Å². The molecule has 0 aliphatic rings. The van der Waals surface area contributed by atoms with Crippen molar-refractivity contribution >= 4 is 29.1 Å². The van der Waals surface area contributed by atoms with E-state index in [4.69, 9.17) is 11.6 Å². The van der Waals surface area contributed by atoms with Gasteiger partial charge in [-0.1, -0.05) is 11.6 Å². The highest BCUT2D eigenvalue weighted by atomic mass is 35.5. The Hall–Kier alpha value is -2.40. The van der Waals surface area contributed by atoms with Crippen LogP contribution in [0, 0.1) is 6.92 Å². The third-order valence-electron chi connectivity index (χ3n) is 2.98. The predicted octanol–water partition coefficient (Wildman–Crippen LogP) is 2.66. The number of benzene rings is 1. The first-order valence-corrected chi connectivity index (χ1v) is 6.64. The number of rotatable bonds is 3. The zero-order chi connectivity index (χ0) is 15.4. The maximum Gasteiger partial charge on any atom is 0.258 e. The summed E-state index contributed by atoms with van der Waals surface area (Å²) in [5, 5.41) is 5.64. The van der Waals surface area contributed by atoms with Crippen LogP contribution in [0.25, 0.3) is 0 Å². The van der Waals surface area contributed by atoms with Gasteiger partial charge < -0.3 is 10.6 Å². The third kappa shape index (κ3) is 3.38. The Bertz CT molecular complexity index is 701. The molecule has 0 bridgehead atoms. The molecule has 108 valence electrons. The van der Waals surface area contributed by atoms with Gasteiger partial charge in [0.15, 0.2) is 0 Å². The second kappa shape index (κ2) is 6.37. The van der Waals surface area contributed by atoms with Gasteiger partial charge in [-0.15, -0.1) is 0 Å². The highest BCUT2D eigenvalue weighted by Gasteiger charge is 2.12. The molecule has 1 heterocycles. The van der Waals surface area contributed by atoms with E-state index in [9.17, 15) is 9.59 Å². The van der Waals surface area contributed by atoms with Crippen LogP contribution < -0.4 is 10.6 Å². The van der Waals surface area contributed by atoms with Crippen LogP contribution in [0.5, 0.6) is 0 Å². The van der Waals surface area contributed by atoms with Gasteiger partial charge in [-0.25, -0.2) is 0 Å². The number of aromatic nitrogens is 1. The normalized spacial score (nSPS) is 10.0. The Morgan fingerprint density at radius 3 is 2.57 bits per heavy atom. The molecule has 1 aromatic carbocycles. The standard InChI is InChI=1S/C15H14ClN3O2/c1-9-7-10(14(20)17-2)3-4-13(9)19-15(21)11-8-18-6-5-12(11)16/h3-8H,1-2H3,(H,17,20)(H,19,21). The van der Waals surface area contributed by atoms with E-state index in [2.05, 4.69) is 15.6 Å². The van der Waals surface area contributed by atoms with Crippen molar-refractivity contribution in [2.24, 2.45) is 0 Å². The van der Waals surface area contributed by atoms with Crippen molar-refractivity contribution in [1.82, 2.24) is 10.3 Å². The molecule has 0 fully saturated rings. The molecule has 21 heavy (non-hydrogen) atoms. The van der Waals surface area contributed by atoms with Gasteiger partial charge in [-0.05, 0) is 36.8 Å². The number of carbonyl (C=O) groups is 2. The molecule has 2 N–H and O–H groups in total. The van der Waals surface area contributed by atoms with Crippen molar-refractivity contribution in [2.75, 3.05) is 12.4 Å². The van der Waals surface area contributed by atoms with Crippen LogP contribution in [-0.4, -0.2) is 23.8 Å². The van der Waals surface area contributed by atoms with Gasteiger partial charge >= 0.3 is 0 Å². The summed E-state index contributed by atoms with van der Waals surface area (Å²) >= 11 is 5.96. The smallest absolute Gasteiger partial charge is 0.258 e. The third-order valence-corrected chi connectivity index (χ3v) is 3.31. The fourth-order valence-corrected chi connectivity index (χ4v) is 2.01. The van der Waals surface area contributed by atoms with Gasteiger partial charge in [0.1, 0.15) is 0 Å². The predicted molar refractivity (Wildman–Crippen MR) is 81.8 cm³/mol. The number of nitrogens with zero attached hydrogens (tertiary/aromatic N) is 1. The van der Waals surface area contributed by atoms with Crippen LogP contribution in [-0.2, 0) is 0 Å². The first-order valence-electron chi connectivity index (χ1n) is 6.26. The summed E-state index contributed by atoms with van der Waals surface area (Å²) in [6, 6.07) is 6.59. The molecule has 2 amide bonds. The second-order valence-electron chi connectivity index (χ2n) is 4.42. The first-order chi connectivity index (χ1) is 10.0. The van der Waals surface area contributed by atoms with Gasteiger partial charge in [0.25, 0.3) is 11.8 Å². The van der Waals surface area contributed by atoms with Crippen LogP contribution in [0.2, 0.25) is 5.02 Å². The molecule has 0 radical (unpaired) electrons. The topological polar surface area (TPSA) is 71.1 Å². The molecule has 1 aromatic heterocycles. The number of aryl methyl sites for hydroxylation is 1. The average molecular weight is 304 g/mol. The van der Waals surface area contributed by atoms with Crippen LogP contribution >= 0.6 is 11.6 Å². The molecular formula is C15H14ClN3O2. The Morgan fingerprint density at radius 2 is 1.95 bits per heavy atom. The molecule has 0 unspecified atom stereocenters. The number of amides is 2. The lowest BCUT2D eigenvalue weighted by atomic mass is 10.1. The van der Waals surface area contributed by atoms with Gasteiger partial charge in [0.05, 0.1) is 10.6 Å². The quantitative estimate of drug-likeness (QED) is 0.915. The van der Waals surface area contributed by atoms with Crippen molar-refractivity contribution in [3.8, 4) is 0 Å². The molecule has 0 atom stereocenters. The maximum atomic E-state index is 12.1. The molecule has 2 rings (SSSR count). The maximum absolute atomic E-state index is 12.1. The van der Waals surface area contributed by atoms with Crippen molar-refractivity contribution in [3.63, 3.8) is 0 Å². The van der Waals surface area contributed by atoms with Gasteiger partial charge in [0.2, 0.25) is 0 Å². The average Bonchev–Trinajstić information content (AvgIpc) is 2.48. The molecule has 0 spiro atoms. The zero-order valence-corrected chi connectivity index (χ0v) is 12.4. The number of halogens is 1. The van der Waals surface area contributed by atoms with E-state index in [1.807, 2.05) is 6.92 Å². The lowest BCUT2D eigenvalue weighted by Crippen LogP contribution is -2.18. The minimum atomic E-state index is -0.344. The van der Waals surface area contributed by atoms with Crippen LogP contribution in [0.1, 0.15) is 26.3 Å². The number of hydrogen-bond acceptors (Lipinski definition) is 3. The van der Waals surface area contributed by atoms with E-state index >= 15 is 0 Å². The summed E-state index contributed by atoms with van der Waals surface area (Å²) in [5.74, 6) is -0.518. The molecule has 2 aromatic rings. The summed E-state index contributed by atoms with van der Waals surface area (Å²) in [6.45, 7) is 1.81. The number of nitrogens with one attached hydrogen (secondary N) is 2. The van der Waals surface area contributed by atoms with Gasteiger partial charge in [-0.3, -0.25) is 14.6 Å². The lowest BCUT2D eigenvalue weighted by Gasteiger charge is -2.10. The van der Waals surface area contributed by atoms with Crippen molar-refractivity contribution in [3.05, 3.63) is 58.4 Å². The largest absolute Gasteiger partial charge is 0.355 e. The number of anilines is 1. The van der Waals surface area contributed by atoms with Crippen LogP contribution in [0.15, 0.2) is 36.7 Å². The Labute approximate surface area is 127 Å². The fraction of sp³-hybridized carbons (Fsp3) is 0.133. The number of pyridine rings is 1. The molecule has 6 heteroatoms. The number of carbonyl (C=O) groups excluding carboxylic acids is 2. The van der Waals surface area contributed by atoms with E-state index in [0.29, 0.717) is 21.8 Å². The molecule has 0 aliphatic heterocycles. The molecule has 5 nitrogen and oxygen atoms in total. The zero-order valence-electron chi connectivity index (χ0n) is 11.6. The van der Waals surface area contributed by atoms with Gasteiger partial charge in [0, 0.05) is 30.7 Å². The summed E-state index contributed by atoms with van der Waals surface area (Å²) in [6.07, 6.45) is 2.93. The van der Waals surface area contributed by atoms with Gasteiger partial charge in [-0.2, -0.15) is 0 Å². The molecule has 0 saturated heterocycles. The van der Waals surface area contributed by atoms with E-state index < -0.39 is 0 Å².